The predicted molar refractivity (Wildman–Crippen MR) is 130 cm³/mol. The summed E-state index contributed by atoms with van der Waals surface area (Å²) in [5, 5.41) is 20.6. The summed E-state index contributed by atoms with van der Waals surface area (Å²) in [5.41, 5.74) is 8.41. The molecule has 1 aromatic carbocycles. The fraction of sp³-hybridized carbons (Fsp3) is 0.429. The van der Waals surface area contributed by atoms with Crippen LogP contribution in [-0.2, 0) is 6.42 Å². The van der Waals surface area contributed by atoms with Gasteiger partial charge in [-0.1, -0.05) is 17.8 Å². The fourth-order valence-electron chi connectivity index (χ4n) is 4.49. The second-order valence-corrected chi connectivity index (χ2v) is 9.24. The van der Waals surface area contributed by atoms with Crippen LogP contribution in [0.5, 0.6) is 0 Å². The summed E-state index contributed by atoms with van der Waals surface area (Å²) in [6.07, 6.45) is 7.08. The Morgan fingerprint density at radius 3 is 2.88 bits per heavy atom. The van der Waals surface area contributed by atoms with Gasteiger partial charge >= 0.3 is 0 Å². The van der Waals surface area contributed by atoms with Crippen molar-refractivity contribution >= 4 is 40.0 Å². The summed E-state index contributed by atoms with van der Waals surface area (Å²) >= 11 is 1.09. The zero-order chi connectivity index (χ0) is 23.5. The highest BCUT2D eigenvalue weighted by Gasteiger charge is 2.40. The molecule has 5 heterocycles. The zero-order valence-electron chi connectivity index (χ0n) is 18.4. The number of imidazole rings is 1. The maximum absolute atomic E-state index is 12.1. The Hall–Kier alpha value is -3.61. The molecule has 13 heteroatoms. The number of thioether (sulfide) groups is 1. The molecular weight excluding hydrogens is 458 g/mol. The molecule has 4 aliphatic rings. The van der Waals surface area contributed by atoms with Gasteiger partial charge in [0, 0.05) is 54.9 Å². The van der Waals surface area contributed by atoms with Crippen LogP contribution in [0.4, 0.5) is 16.2 Å². The van der Waals surface area contributed by atoms with Crippen LogP contribution in [0.1, 0.15) is 30.5 Å². The number of guanidine groups is 1. The monoisotopic (exact) mass is 483 g/mol. The number of fused-ring (bicyclic) bond motifs is 3. The number of nitro benzene ring substituents is 1. The van der Waals surface area contributed by atoms with E-state index < -0.39 is 0 Å². The van der Waals surface area contributed by atoms with E-state index in [2.05, 4.69) is 35.9 Å². The van der Waals surface area contributed by atoms with E-state index in [-0.39, 0.29) is 21.9 Å². The third-order valence-electron chi connectivity index (χ3n) is 6.18. The standard InChI is InChI=1S/C21H25N9O3S/c31-21-27-25-17(12-34-21)14-3-4-18(19(10-14)30(32)33)29-16-5-8-28(9-6-16)20(29)26-24-7-1-2-15-11-22-13-23-15/h3-4,10-11,13,16,24H,1-2,5-9,12H2,(H,22,23)(H,27,31)/b26-20+. The number of rotatable bonds is 8. The van der Waals surface area contributed by atoms with Gasteiger partial charge in [-0.2, -0.15) is 5.10 Å². The number of anilines is 1. The minimum atomic E-state index is -0.360. The molecule has 0 saturated carbocycles. The number of aromatic nitrogens is 2. The fourth-order valence-corrected chi connectivity index (χ4v) is 5.10. The second kappa shape index (κ2) is 9.71. The van der Waals surface area contributed by atoms with Crippen LogP contribution in [0.25, 0.3) is 0 Å². The van der Waals surface area contributed by atoms with Crippen molar-refractivity contribution in [1.82, 2.24) is 25.7 Å². The molecule has 3 fully saturated rings. The third kappa shape index (κ3) is 4.55. The number of hydrogen-bond donors (Lipinski definition) is 3. The van der Waals surface area contributed by atoms with Gasteiger partial charge in [-0.15, -0.1) is 5.10 Å². The first-order valence-corrected chi connectivity index (χ1v) is 12.2. The molecule has 1 aromatic heterocycles. The second-order valence-electron chi connectivity index (χ2n) is 8.30. The van der Waals surface area contributed by atoms with E-state index >= 15 is 0 Å². The lowest BCUT2D eigenvalue weighted by molar-refractivity contribution is -0.384. The summed E-state index contributed by atoms with van der Waals surface area (Å²) in [4.78, 5) is 34.4. The van der Waals surface area contributed by atoms with Gasteiger partial charge in [0.05, 0.1) is 17.0 Å². The first-order valence-electron chi connectivity index (χ1n) is 11.2. The summed E-state index contributed by atoms with van der Waals surface area (Å²) in [7, 11) is 0. The maximum atomic E-state index is 12.1. The van der Waals surface area contributed by atoms with Crippen molar-refractivity contribution in [2.45, 2.75) is 31.7 Å². The SMILES string of the molecule is O=C1NN=C(c2ccc(N3/C(=N/NCCCc4cnc[nH]4)N4CCC3CC4)c([N+](=O)[O-])c2)CS1. The highest BCUT2D eigenvalue weighted by atomic mass is 32.2. The lowest BCUT2D eigenvalue weighted by Gasteiger charge is -2.49. The number of carbonyl (C=O) groups is 1. The Kier molecular flexibility index (Phi) is 6.34. The molecule has 3 N–H and O–H groups in total. The molecule has 12 nitrogen and oxygen atoms in total. The van der Waals surface area contributed by atoms with Gasteiger partial charge < -0.3 is 20.2 Å². The van der Waals surface area contributed by atoms with E-state index in [0.717, 1.165) is 62.2 Å². The Labute approximate surface area is 200 Å². The molecular formula is C21H25N9O3S. The summed E-state index contributed by atoms with van der Waals surface area (Å²) in [6, 6.07) is 5.29. The zero-order valence-corrected chi connectivity index (χ0v) is 19.3. The quantitative estimate of drug-likeness (QED) is 0.295. The van der Waals surface area contributed by atoms with E-state index in [9.17, 15) is 14.9 Å². The lowest BCUT2D eigenvalue weighted by Crippen LogP contribution is -2.61. The number of hydrazone groups is 2. The third-order valence-corrected chi connectivity index (χ3v) is 6.95. The number of nitrogens with zero attached hydrogens (tertiary/aromatic N) is 6. The lowest BCUT2D eigenvalue weighted by atomic mass is 9.97. The van der Waals surface area contributed by atoms with Gasteiger partial charge in [-0.3, -0.25) is 14.9 Å². The minimum Gasteiger partial charge on any atom is -0.348 e. The first kappa shape index (κ1) is 22.2. The molecule has 2 bridgehead atoms. The van der Waals surface area contributed by atoms with Crippen molar-refractivity contribution in [3.63, 3.8) is 0 Å². The van der Waals surface area contributed by atoms with Crippen LogP contribution in [0.3, 0.4) is 0 Å². The molecule has 3 saturated heterocycles. The maximum Gasteiger partial charge on any atom is 0.299 e. The van der Waals surface area contributed by atoms with Gasteiger partial charge in [0.15, 0.2) is 0 Å². The van der Waals surface area contributed by atoms with Gasteiger partial charge in [0.25, 0.3) is 10.9 Å². The number of nitrogens with one attached hydrogen (secondary N) is 3. The molecule has 0 radical (unpaired) electrons. The molecule has 0 unspecified atom stereocenters. The average Bonchev–Trinajstić information content (AvgIpc) is 3.38. The molecule has 6 rings (SSSR count). The minimum absolute atomic E-state index is 0.00259. The van der Waals surface area contributed by atoms with Crippen molar-refractivity contribution in [1.29, 1.82) is 0 Å². The average molecular weight is 484 g/mol. The van der Waals surface area contributed by atoms with Crippen LogP contribution < -0.4 is 15.8 Å². The highest BCUT2D eigenvalue weighted by Crippen LogP contribution is 2.37. The Bertz CT molecular complexity index is 1130. The van der Waals surface area contributed by atoms with Crippen molar-refractivity contribution in [2.75, 3.05) is 30.3 Å². The van der Waals surface area contributed by atoms with Crippen molar-refractivity contribution in [3.05, 3.63) is 52.1 Å². The number of nitro groups is 1. The first-order chi connectivity index (χ1) is 16.6. The van der Waals surface area contributed by atoms with Gasteiger partial charge in [0.2, 0.25) is 5.96 Å². The molecule has 0 aliphatic carbocycles. The molecule has 0 atom stereocenters. The van der Waals surface area contributed by atoms with E-state index in [0.29, 0.717) is 29.3 Å². The Morgan fingerprint density at radius 2 is 2.18 bits per heavy atom. The number of amides is 1. The number of benzene rings is 1. The molecule has 178 valence electrons. The molecule has 34 heavy (non-hydrogen) atoms. The summed E-state index contributed by atoms with van der Waals surface area (Å²) in [5.74, 6) is 1.09. The molecule has 2 aromatic rings. The van der Waals surface area contributed by atoms with Gasteiger partial charge in [-0.05, 0) is 31.7 Å². The number of piperidine rings is 1. The van der Waals surface area contributed by atoms with Crippen LogP contribution in [0.15, 0.2) is 40.9 Å². The smallest absolute Gasteiger partial charge is 0.299 e. The van der Waals surface area contributed by atoms with E-state index in [1.54, 1.807) is 18.5 Å². The highest BCUT2D eigenvalue weighted by molar-refractivity contribution is 8.14. The Morgan fingerprint density at radius 1 is 1.32 bits per heavy atom. The van der Waals surface area contributed by atoms with Crippen molar-refractivity contribution in [3.8, 4) is 0 Å². The predicted octanol–water partition coefficient (Wildman–Crippen LogP) is 2.26. The summed E-state index contributed by atoms with van der Waals surface area (Å²) < 4.78 is 0. The van der Waals surface area contributed by atoms with Crippen molar-refractivity contribution < 1.29 is 9.72 Å². The van der Waals surface area contributed by atoms with Gasteiger partial charge in [0.1, 0.15) is 5.69 Å². The van der Waals surface area contributed by atoms with Crippen LogP contribution in [-0.4, -0.2) is 68.1 Å². The van der Waals surface area contributed by atoms with E-state index in [1.165, 1.54) is 0 Å². The van der Waals surface area contributed by atoms with Crippen molar-refractivity contribution in [2.24, 2.45) is 10.2 Å². The number of carbonyl (C=O) groups excluding carboxylic acids is 1. The van der Waals surface area contributed by atoms with E-state index in [4.69, 9.17) is 0 Å². The normalized spacial score (nSPS) is 19.4. The Balaban J connectivity index is 1.38. The van der Waals surface area contributed by atoms with E-state index in [1.807, 2.05) is 17.2 Å². The number of H-pyrrole nitrogens is 1. The number of aryl methyl sites for hydroxylation is 1. The van der Waals surface area contributed by atoms with Gasteiger partial charge in [-0.25, -0.2) is 10.4 Å². The molecule has 0 spiro atoms. The summed E-state index contributed by atoms with van der Waals surface area (Å²) in [6.45, 7) is 2.45. The topological polar surface area (TPSA) is 144 Å². The van der Waals surface area contributed by atoms with Crippen LogP contribution in [0.2, 0.25) is 0 Å². The molecule has 1 amide bonds. The van der Waals surface area contributed by atoms with Crippen LogP contribution >= 0.6 is 11.8 Å². The molecule has 4 aliphatic heterocycles. The number of hydrogen-bond acceptors (Lipinski definition) is 8. The number of aromatic amines is 1. The largest absolute Gasteiger partial charge is 0.348 e. The van der Waals surface area contributed by atoms with Crippen LogP contribution in [0, 0.1) is 10.1 Å².